The molecule has 108 valence electrons. The van der Waals surface area contributed by atoms with E-state index in [-0.39, 0.29) is 6.10 Å². The lowest BCUT2D eigenvalue weighted by Gasteiger charge is -2.27. The maximum atomic E-state index is 6.21. The number of hydrogen-bond donors (Lipinski definition) is 2. The van der Waals surface area contributed by atoms with Crippen LogP contribution in [-0.2, 0) is 13.0 Å². The molecule has 0 bridgehead atoms. The fourth-order valence-electron chi connectivity index (χ4n) is 2.94. The average Bonchev–Trinajstić information content (AvgIpc) is 3.18. The second-order valence-electron chi connectivity index (χ2n) is 5.48. The van der Waals surface area contributed by atoms with Crippen molar-refractivity contribution < 1.29 is 9.15 Å². The first-order chi connectivity index (χ1) is 10.4. The van der Waals surface area contributed by atoms with Gasteiger partial charge in [0.15, 0.2) is 0 Å². The Hall–Kier alpha value is -2.20. The van der Waals surface area contributed by atoms with Crippen molar-refractivity contribution in [2.45, 2.75) is 25.5 Å². The zero-order chi connectivity index (χ0) is 14.1. The number of ether oxygens (including phenoxy) is 1. The summed E-state index contributed by atoms with van der Waals surface area (Å²) in [5.41, 5.74) is 2.45. The highest BCUT2D eigenvalue weighted by molar-refractivity contribution is 5.87. The van der Waals surface area contributed by atoms with E-state index in [2.05, 4.69) is 28.5 Å². The predicted octanol–water partition coefficient (Wildman–Crippen LogP) is 3.24. The molecule has 4 nitrogen and oxygen atoms in total. The first-order valence-corrected chi connectivity index (χ1v) is 7.39. The molecule has 1 aliphatic rings. The van der Waals surface area contributed by atoms with E-state index in [0.29, 0.717) is 0 Å². The largest absolute Gasteiger partial charge is 0.488 e. The predicted molar refractivity (Wildman–Crippen MR) is 81.5 cm³/mol. The Morgan fingerprint density at radius 3 is 3.14 bits per heavy atom. The first-order valence-electron chi connectivity index (χ1n) is 7.39. The molecule has 21 heavy (non-hydrogen) atoms. The van der Waals surface area contributed by atoms with Gasteiger partial charge in [-0.2, -0.15) is 0 Å². The molecule has 0 saturated heterocycles. The molecule has 3 heterocycles. The minimum absolute atomic E-state index is 0.216. The van der Waals surface area contributed by atoms with E-state index in [1.807, 2.05) is 18.3 Å². The van der Waals surface area contributed by atoms with Crippen LogP contribution in [0.25, 0.3) is 10.9 Å². The van der Waals surface area contributed by atoms with Crippen LogP contribution in [0.1, 0.15) is 17.7 Å². The lowest BCUT2D eigenvalue weighted by molar-refractivity contribution is 0.172. The Bertz CT molecular complexity index is 730. The van der Waals surface area contributed by atoms with Gasteiger partial charge in [0.2, 0.25) is 0 Å². The summed E-state index contributed by atoms with van der Waals surface area (Å²) in [5, 5.41) is 4.59. The molecular weight excluding hydrogens is 264 g/mol. The number of hydrogen-bond acceptors (Lipinski definition) is 3. The fraction of sp³-hybridized carbons (Fsp3) is 0.294. The lowest BCUT2D eigenvalue weighted by Crippen LogP contribution is -2.33. The number of furan rings is 1. The van der Waals surface area contributed by atoms with Gasteiger partial charge in [-0.15, -0.1) is 0 Å². The molecule has 4 rings (SSSR count). The van der Waals surface area contributed by atoms with E-state index in [1.165, 1.54) is 10.9 Å². The van der Waals surface area contributed by atoms with Crippen molar-refractivity contribution in [2.75, 3.05) is 6.54 Å². The second kappa shape index (κ2) is 5.30. The summed E-state index contributed by atoms with van der Waals surface area (Å²) in [7, 11) is 0. The van der Waals surface area contributed by atoms with Crippen LogP contribution in [0, 0.1) is 0 Å². The summed E-state index contributed by atoms with van der Waals surface area (Å²) in [4.78, 5) is 3.24. The maximum Gasteiger partial charge on any atom is 0.132 e. The van der Waals surface area contributed by atoms with Gasteiger partial charge in [-0.25, -0.2) is 0 Å². The normalized spacial score (nSPS) is 17.6. The topological polar surface area (TPSA) is 50.2 Å². The van der Waals surface area contributed by atoms with Gasteiger partial charge < -0.3 is 19.5 Å². The standard InChI is InChI=1S/C17H18N2O2/c1-2-13(20-9-1)10-18-11-14-5-3-12-4-6-16-15(7-8-19-16)17(12)21-14/h1-2,4,6-9,14,18-19H,3,5,10-11H2. The number of aromatic nitrogens is 1. The molecule has 0 spiro atoms. The van der Waals surface area contributed by atoms with Crippen LogP contribution in [0.15, 0.2) is 47.2 Å². The molecule has 2 aromatic heterocycles. The van der Waals surface area contributed by atoms with Crippen molar-refractivity contribution in [3.63, 3.8) is 0 Å². The van der Waals surface area contributed by atoms with Gasteiger partial charge in [0.25, 0.3) is 0 Å². The van der Waals surface area contributed by atoms with E-state index in [9.17, 15) is 0 Å². The van der Waals surface area contributed by atoms with E-state index in [4.69, 9.17) is 9.15 Å². The number of H-pyrrole nitrogens is 1. The maximum absolute atomic E-state index is 6.21. The molecule has 0 radical (unpaired) electrons. The summed E-state index contributed by atoms with van der Waals surface area (Å²) in [5.74, 6) is 2.00. The van der Waals surface area contributed by atoms with Crippen molar-refractivity contribution in [2.24, 2.45) is 0 Å². The van der Waals surface area contributed by atoms with Crippen molar-refractivity contribution in [1.82, 2.24) is 10.3 Å². The van der Waals surface area contributed by atoms with Crippen LogP contribution in [0.2, 0.25) is 0 Å². The summed E-state index contributed by atoms with van der Waals surface area (Å²) in [6.45, 7) is 1.58. The number of rotatable bonds is 4. The van der Waals surface area contributed by atoms with Gasteiger partial charge in [-0.1, -0.05) is 6.07 Å². The van der Waals surface area contributed by atoms with Gasteiger partial charge >= 0.3 is 0 Å². The Morgan fingerprint density at radius 1 is 1.24 bits per heavy atom. The first kappa shape index (κ1) is 12.5. The fourth-order valence-corrected chi connectivity index (χ4v) is 2.94. The minimum Gasteiger partial charge on any atom is -0.488 e. The molecule has 4 heteroatoms. The molecule has 0 saturated carbocycles. The zero-order valence-electron chi connectivity index (χ0n) is 11.8. The molecule has 3 aromatic rings. The summed E-state index contributed by atoms with van der Waals surface area (Å²) >= 11 is 0. The summed E-state index contributed by atoms with van der Waals surface area (Å²) in [6.07, 6.45) is 6.01. The molecule has 1 aliphatic heterocycles. The van der Waals surface area contributed by atoms with Gasteiger partial charge in [-0.05, 0) is 42.7 Å². The third-order valence-electron chi connectivity index (χ3n) is 4.04. The Kier molecular flexibility index (Phi) is 3.16. The summed E-state index contributed by atoms with van der Waals surface area (Å²) in [6, 6.07) is 10.3. The smallest absolute Gasteiger partial charge is 0.132 e. The Morgan fingerprint density at radius 2 is 2.24 bits per heavy atom. The highest BCUT2D eigenvalue weighted by Gasteiger charge is 2.21. The average molecular weight is 282 g/mol. The van der Waals surface area contributed by atoms with Crippen molar-refractivity contribution in [3.05, 3.63) is 54.1 Å². The third-order valence-corrected chi connectivity index (χ3v) is 4.04. The summed E-state index contributed by atoms with van der Waals surface area (Å²) < 4.78 is 11.5. The quantitative estimate of drug-likeness (QED) is 0.772. The van der Waals surface area contributed by atoms with Crippen molar-refractivity contribution in [1.29, 1.82) is 0 Å². The van der Waals surface area contributed by atoms with Crippen LogP contribution in [0.5, 0.6) is 5.75 Å². The van der Waals surface area contributed by atoms with Crippen LogP contribution in [0.3, 0.4) is 0 Å². The number of nitrogens with one attached hydrogen (secondary N) is 2. The lowest BCUT2D eigenvalue weighted by atomic mass is 10.00. The minimum atomic E-state index is 0.216. The van der Waals surface area contributed by atoms with Gasteiger partial charge in [0.05, 0.1) is 12.8 Å². The molecule has 1 unspecified atom stereocenters. The Balaban J connectivity index is 1.44. The molecule has 1 atom stereocenters. The van der Waals surface area contributed by atoms with E-state index in [0.717, 1.165) is 43.0 Å². The molecular formula is C17H18N2O2. The van der Waals surface area contributed by atoms with Crippen LogP contribution >= 0.6 is 0 Å². The third kappa shape index (κ3) is 2.43. The van der Waals surface area contributed by atoms with Crippen molar-refractivity contribution >= 4 is 10.9 Å². The monoisotopic (exact) mass is 282 g/mol. The molecule has 0 fully saturated rings. The second-order valence-corrected chi connectivity index (χ2v) is 5.48. The number of fused-ring (bicyclic) bond motifs is 3. The van der Waals surface area contributed by atoms with Crippen LogP contribution in [-0.4, -0.2) is 17.6 Å². The van der Waals surface area contributed by atoms with Crippen molar-refractivity contribution in [3.8, 4) is 5.75 Å². The molecule has 2 N–H and O–H groups in total. The van der Waals surface area contributed by atoms with E-state index in [1.54, 1.807) is 6.26 Å². The van der Waals surface area contributed by atoms with E-state index >= 15 is 0 Å². The number of aromatic amines is 1. The number of aryl methyl sites for hydroxylation is 1. The highest BCUT2D eigenvalue weighted by atomic mass is 16.5. The molecule has 1 aromatic carbocycles. The molecule has 0 aliphatic carbocycles. The van der Waals surface area contributed by atoms with Crippen LogP contribution < -0.4 is 10.1 Å². The van der Waals surface area contributed by atoms with E-state index < -0.39 is 0 Å². The van der Waals surface area contributed by atoms with Gasteiger partial charge in [0, 0.05) is 23.6 Å². The number of benzene rings is 1. The zero-order valence-corrected chi connectivity index (χ0v) is 11.8. The van der Waals surface area contributed by atoms with Crippen LogP contribution in [0.4, 0.5) is 0 Å². The van der Waals surface area contributed by atoms with Gasteiger partial charge in [-0.3, -0.25) is 0 Å². The SMILES string of the molecule is c1coc(CNCC2CCc3ccc4[nH]ccc4c3O2)c1. The Labute approximate surface area is 123 Å². The molecule has 0 amide bonds. The highest BCUT2D eigenvalue weighted by Crippen LogP contribution is 2.34. The van der Waals surface area contributed by atoms with Gasteiger partial charge in [0.1, 0.15) is 17.6 Å².